The number of hydrogen-bond acceptors (Lipinski definition) is 5. The molecular weight excluding hydrogens is 497 g/mol. The van der Waals surface area contributed by atoms with Crippen molar-refractivity contribution < 1.29 is 26.7 Å². The van der Waals surface area contributed by atoms with E-state index in [-0.39, 0.29) is 11.4 Å². The molecule has 2 N–H and O–H groups in total. The molecule has 0 saturated carbocycles. The molecule has 2 aromatic rings. The Morgan fingerprint density at radius 2 is 1.90 bits per heavy atom. The SMILES string of the molecule is CC(C)(CC(O)(CC1Cc2cc(S(C)(=O)=O)ncc2N1)C(F)(F)F)c1ccccc1Br. The molecule has 1 aromatic carbocycles. The lowest BCUT2D eigenvalue weighted by Gasteiger charge is -2.39. The number of nitrogens with zero attached hydrogens (tertiary/aromatic N) is 1. The van der Waals surface area contributed by atoms with Crippen LogP contribution in [-0.4, -0.2) is 42.6 Å². The van der Waals surface area contributed by atoms with Gasteiger partial charge in [0.1, 0.15) is 0 Å². The summed E-state index contributed by atoms with van der Waals surface area (Å²) in [6.07, 6.45) is -3.47. The number of fused-ring (bicyclic) bond motifs is 1. The predicted molar refractivity (Wildman–Crippen MR) is 116 cm³/mol. The van der Waals surface area contributed by atoms with Crippen molar-refractivity contribution in [1.82, 2.24) is 4.98 Å². The van der Waals surface area contributed by atoms with Crippen molar-refractivity contribution in [2.24, 2.45) is 0 Å². The van der Waals surface area contributed by atoms with Gasteiger partial charge >= 0.3 is 6.18 Å². The van der Waals surface area contributed by atoms with Gasteiger partial charge in [-0.2, -0.15) is 13.2 Å². The molecular formula is C21H24BrF3N2O3S. The van der Waals surface area contributed by atoms with E-state index in [9.17, 15) is 26.7 Å². The van der Waals surface area contributed by atoms with Crippen molar-refractivity contribution in [2.45, 2.75) is 61.4 Å². The van der Waals surface area contributed by atoms with Gasteiger partial charge in [-0.15, -0.1) is 0 Å². The smallest absolute Gasteiger partial charge is 0.380 e. The first-order chi connectivity index (χ1) is 14.1. The van der Waals surface area contributed by atoms with Gasteiger partial charge in [0.15, 0.2) is 20.5 Å². The fourth-order valence-electron chi connectivity index (χ4n) is 4.17. The zero-order valence-corrected chi connectivity index (χ0v) is 19.7. The molecule has 2 atom stereocenters. The van der Waals surface area contributed by atoms with Gasteiger partial charge < -0.3 is 10.4 Å². The standard InChI is InChI=1S/C21H24BrF3N2O3S/c1-19(2,15-6-4-5-7-16(15)22)12-20(28,21(23,24)25)10-14-8-13-9-18(31(3,29)30)26-11-17(13)27-14/h4-7,9,11,14,27-28H,8,10,12H2,1-3H3. The molecule has 0 fully saturated rings. The Hall–Kier alpha value is -1.65. The Morgan fingerprint density at radius 3 is 2.48 bits per heavy atom. The van der Waals surface area contributed by atoms with E-state index in [0.717, 1.165) is 6.26 Å². The second-order valence-electron chi connectivity index (χ2n) is 8.77. The topological polar surface area (TPSA) is 79.3 Å². The van der Waals surface area contributed by atoms with E-state index in [1.165, 1.54) is 12.3 Å². The fourth-order valence-corrected chi connectivity index (χ4v) is 5.59. The van der Waals surface area contributed by atoms with E-state index in [0.29, 0.717) is 21.3 Å². The zero-order chi connectivity index (χ0) is 23.2. The van der Waals surface area contributed by atoms with Crippen LogP contribution in [0.4, 0.5) is 18.9 Å². The van der Waals surface area contributed by atoms with Gasteiger partial charge in [0, 0.05) is 23.2 Å². The number of nitrogens with one attached hydrogen (secondary N) is 1. The number of aromatic nitrogens is 1. The summed E-state index contributed by atoms with van der Waals surface area (Å²) >= 11 is 3.39. The van der Waals surface area contributed by atoms with Crippen LogP contribution < -0.4 is 5.32 Å². The molecule has 0 amide bonds. The zero-order valence-electron chi connectivity index (χ0n) is 17.3. The van der Waals surface area contributed by atoms with E-state index in [2.05, 4.69) is 26.2 Å². The van der Waals surface area contributed by atoms with Crippen LogP contribution in [0.5, 0.6) is 0 Å². The third-order valence-corrected chi connectivity index (χ3v) is 7.29. The van der Waals surface area contributed by atoms with Crippen LogP contribution in [-0.2, 0) is 21.7 Å². The summed E-state index contributed by atoms with van der Waals surface area (Å²) in [4.78, 5) is 3.87. The van der Waals surface area contributed by atoms with Crippen molar-refractivity contribution in [3.63, 3.8) is 0 Å². The first kappa shape index (κ1) is 24.0. The van der Waals surface area contributed by atoms with E-state index < -0.39 is 45.9 Å². The number of aliphatic hydroxyl groups is 1. The Kier molecular flexibility index (Phi) is 6.23. The van der Waals surface area contributed by atoms with Gasteiger partial charge in [0.2, 0.25) is 0 Å². The van der Waals surface area contributed by atoms with E-state index in [1.807, 2.05) is 0 Å². The molecule has 1 aliphatic rings. The molecule has 10 heteroatoms. The summed E-state index contributed by atoms with van der Waals surface area (Å²) in [5, 5.41) is 13.7. The van der Waals surface area contributed by atoms with Crippen molar-refractivity contribution in [3.8, 4) is 0 Å². The van der Waals surface area contributed by atoms with Crippen molar-refractivity contribution in [3.05, 3.63) is 52.1 Å². The lowest BCUT2D eigenvalue weighted by Crippen LogP contribution is -2.51. The molecule has 170 valence electrons. The molecule has 2 heterocycles. The number of rotatable bonds is 6. The molecule has 0 saturated heterocycles. The van der Waals surface area contributed by atoms with Crippen LogP contribution in [0, 0.1) is 0 Å². The minimum atomic E-state index is -4.85. The molecule has 2 unspecified atom stereocenters. The largest absolute Gasteiger partial charge is 0.417 e. The van der Waals surface area contributed by atoms with E-state index in [4.69, 9.17) is 0 Å². The minimum absolute atomic E-state index is 0.130. The van der Waals surface area contributed by atoms with Crippen molar-refractivity contribution >= 4 is 31.5 Å². The molecule has 0 aliphatic carbocycles. The van der Waals surface area contributed by atoms with Crippen LogP contribution in [0.2, 0.25) is 0 Å². The van der Waals surface area contributed by atoms with Crippen molar-refractivity contribution in [1.29, 1.82) is 0 Å². The summed E-state index contributed by atoms with van der Waals surface area (Å²) in [5.41, 5.74) is -2.20. The summed E-state index contributed by atoms with van der Waals surface area (Å²) in [6, 6.07) is 7.67. The normalized spacial score (nSPS) is 18.9. The molecule has 1 aromatic heterocycles. The number of halogens is 4. The second-order valence-corrected chi connectivity index (χ2v) is 11.6. The Labute approximate surface area is 188 Å². The van der Waals surface area contributed by atoms with Crippen LogP contribution in [0.3, 0.4) is 0 Å². The van der Waals surface area contributed by atoms with Crippen LogP contribution in [0.25, 0.3) is 0 Å². The highest BCUT2D eigenvalue weighted by Crippen LogP contribution is 2.46. The van der Waals surface area contributed by atoms with Gasteiger partial charge in [-0.25, -0.2) is 13.4 Å². The molecule has 0 radical (unpaired) electrons. The number of pyridine rings is 1. The summed E-state index contributed by atoms with van der Waals surface area (Å²) in [7, 11) is -3.53. The summed E-state index contributed by atoms with van der Waals surface area (Å²) in [5.74, 6) is 0. The lowest BCUT2D eigenvalue weighted by atomic mass is 9.73. The molecule has 31 heavy (non-hydrogen) atoms. The Balaban J connectivity index is 1.86. The summed E-state index contributed by atoms with van der Waals surface area (Å²) < 4.78 is 66.3. The van der Waals surface area contributed by atoms with Crippen LogP contribution >= 0.6 is 15.9 Å². The predicted octanol–water partition coefficient (Wildman–Crippen LogP) is 4.64. The van der Waals surface area contributed by atoms with Crippen molar-refractivity contribution in [2.75, 3.05) is 11.6 Å². The maximum atomic E-state index is 14.1. The van der Waals surface area contributed by atoms with Gasteiger partial charge in [0.05, 0.1) is 11.9 Å². The number of alkyl halides is 3. The highest BCUT2D eigenvalue weighted by Gasteiger charge is 2.57. The van der Waals surface area contributed by atoms with Gasteiger partial charge in [-0.3, -0.25) is 0 Å². The van der Waals surface area contributed by atoms with Gasteiger partial charge in [-0.05, 0) is 41.5 Å². The lowest BCUT2D eigenvalue weighted by molar-refractivity contribution is -0.270. The average Bonchev–Trinajstić information content (AvgIpc) is 3.00. The Morgan fingerprint density at radius 1 is 1.26 bits per heavy atom. The number of benzene rings is 1. The summed E-state index contributed by atoms with van der Waals surface area (Å²) in [6.45, 7) is 3.34. The van der Waals surface area contributed by atoms with Gasteiger partial charge in [0.25, 0.3) is 0 Å². The molecule has 5 nitrogen and oxygen atoms in total. The fraction of sp³-hybridized carbons (Fsp3) is 0.476. The Bertz CT molecular complexity index is 1090. The average molecular weight is 521 g/mol. The molecule has 0 bridgehead atoms. The third-order valence-electron chi connectivity index (χ3n) is 5.62. The minimum Gasteiger partial charge on any atom is -0.380 e. The number of anilines is 1. The maximum absolute atomic E-state index is 14.1. The third kappa shape index (κ3) is 5.06. The first-order valence-electron chi connectivity index (χ1n) is 9.62. The molecule has 1 aliphatic heterocycles. The highest BCUT2D eigenvalue weighted by atomic mass is 79.9. The number of sulfone groups is 1. The van der Waals surface area contributed by atoms with Crippen LogP contribution in [0.15, 0.2) is 46.0 Å². The number of hydrogen-bond donors (Lipinski definition) is 2. The molecule has 3 rings (SSSR count). The van der Waals surface area contributed by atoms with Crippen LogP contribution in [0.1, 0.15) is 37.8 Å². The molecule has 0 spiro atoms. The van der Waals surface area contributed by atoms with E-state index >= 15 is 0 Å². The van der Waals surface area contributed by atoms with Gasteiger partial charge in [-0.1, -0.05) is 48.0 Å². The maximum Gasteiger partial charge on any atom is 0.417 e. The van der Waals surface area contributed by atoms with E-state index in [1.54, 1.807) is 38.1 Å². The highest BCUT2D eigenvalue weighted by molar-refractivity contribution is 9.10. The second kappa shape index (κ2) is 8.04. The first-order valence-corrected chi connectivity index (χ1v) is 12.3. The monoisotopic (exact) mass is 520 g/mol. The quantitative estimate of drug-likeness (QED) is 0.580.